The van der Waals surface area contributed by atoms with Gasteiger partial charge in [-0.25, -0.2) is 0 Å². The van der Waals surface area contributed by atoms with Crippen molar-refractivity contribution in [1.29, 1.82) is 0 Å². The molecule has 0 aliphatic heterocycles. The van der Waals surface area contributed by atoms with E-state index in [-0.39, 0.29) is 33.6 Å². The van der Waals surface area contributed by atoms with Gasteiger partial charge < -0.3 is 5.11 Å². The summed E-state index contributed by atoms with van der Waals surface area (Å²) in [6.07, 6.45) is 5.88. The van der Waals surface area contributed by atoms with Crippen molar-refractivity contribution in [2.75, 3.05) is 0 Å². The smallest absolute Gasteiger partial charge is 0.303 e. The third kappa shape index (κ3) is 16.8. The van der Waals surface area contributed by atoms with Crippen LogP contribution in [0.5, 0.6) is 0 Å². The third-order valence-electron chi connectivity index (χ3n) is 1.49. The van der Waals surface area contributed by atoms with Crippen molar-refractivity contribution in [2.24, 2.45) is 0 Å². The average molecular weight is 262 g/mol. The molecule has 1 N–H and O–H groups in total. The summed E-state index contributed by atoms with van der Waals surface area (Å²) >= 11 is 0. The van der Waals surface area contributed by atoms with Crippen molar-refractivity contribution >= 4 is 5.97 Å². The zero-order valence-electron chi connectivity index (χ0n) is 7.26. The Balaban J connectivity index is -0.000000405. The zero-order valence-corrected chi connectivity index (χ0v) is 9.35. The van der Waals surface area contributed by atoms with E-state index in [0.717, 1.165) is 12.8 Å². The molecule has 2 radical (unpaired) electrons. The SMILES string of the molecule is CCCCCCCC(=O)O.[Co].[Co]. The maximum atomic E-state index is 10.0. The molecule has 0 bridgehead atoms. The van der Waals surface area contributed by atoms with Gasteiger partial charge in [-0.05, 0) is 6.42 Å². The number of carboxylic acid groups (broad SMARTS) is 1. The molecular weight excluding hydrogens is 246 g/mol. The van der Waals surface area contributed by atoms with Crippen LogP contribution in [0, 0.1) is 0 Å². The Hall–Kier alpha value is 0.483. The summed E-state index contributed by atoms with van der Waals surface area (Å²) in [6.45, 7) is 2.15. The second-order valence-electron chi connectivity index (χ2n) is 2.56. The Labute approximate surface area is 94.9 Å². The summed E-state index contributed by atoms with van der Waals surface area (Å²) in [7, 11) is 0. The topological polar surface area (TPSA) is 37.3 Å². The molecule has 0 unspecified atom stereocenters. The van der Waals surface area contributed by atoms with Crippen LogP contribution in [0.3, 0.4) is 0 Å². The van der Waals surface area contributed by atoms with Crippen LogP contribution in [0.1, 0.15) is 45.4 Å². The van der Waals surface area contributed by atoms with E-state index in [1.54, 1.807) is 0 Å². The molecule has 0 amide bonds. The Morgan fingerprint density at radius 2 is 1.58 bits per heavy atom. The van der Waals surface area contributed by atoms with Crippen LogP contribution in [-0.4, -0.2) is 11.1 Å². The molecule has 0 saturated carbocycles. The van der Waals surface area contributed by atoms with E-state index in [4.69, 9.17) is 5.11 Å². The minimum atomic E-state index is -0.670. The van der Waals surface area contributed by atoms with E-state index in [0.29, 0.717) is 6.42 Å². The molecule has 0 fully saturated rings. The predicted octanol–water partition coefficient (Wildman–Crippen LogP) is 2.43. The van der Waals surface area contributed by atoms with Crippen molar-refractivity contribution in [3.63, 3.8) is 0 Å². The van der Waals surface area contributed by atoms with Crippen molar-refractivity contribution in [3.8, 4) is 0 Å². The number of aliphatic carboxylic acids is 1. The van der Waals surface area contributed by atoms with Crippen LogP contribution in [0.4, 0.5) is 0 Å². The third-order valence-corrected chi connectivity index (χ3v) is 1.49. The molecule has 78 valence electrons. The van der Waals surface area contributed by atoms with Gasteiger partial charge in [0.25, 0.3) is 0 Å². The van der Waals surface area contributed by atoms with Crippen LogP contribution in [-0.2, 0) is 38.4 Å². The predicted molar refractivity (Wildman–Crippen MR) is 41.0 cm³/mol. The first-order valence-electron chi connectivity index (χ1n) is 3.99. The fraction of sp³-hybridized carbons (Fsp3) is 0.875. The van der Waals surface area contributed by atoms with E-state index in [9.17, 15) is 4.79 Å². The van der Waals surface area contributed by atoms with E-state index in [1.165, 1.54) is 19.3 Å². The van der Waals surface area contributed by atoms with Crippen molar-refractivity contribution in [2.45, 2.75) is 45.4 Å². The second-order valence-corrected chi connectivity index (χ2v) is 2.56. The van der Waals surface area contributed by atoms with Gasteiger partial charge in [0.15, 0.2) is 0 Å². The maximum Gasteiger partial charge on any atom is 0.303 e. The monoisotopic (exact) mass is 262 g/mol. The normalized spacial score (nSPS) is 8.08. The Morgan fingerprint density at radius 3 is 2.00 bits per heavy atom. The molecule has 0 atom stereocenters. The zero-order chi connectivity index (χ0) is 7.82. The van der Waals surface area contributed by atoms with Crippen molar-refractivity contribution < 1.29 is 43.5 Å². The quantitative estimate of drug-likeness (QED) is 0.746. The van der Waals surface area contributed by atoms with E-state index < -0.39 is 5.97 Å². The number of hydrogen-bond acceptors (Lipinski definition) is 1. The molecule has 0 heterocycles. The number of rotatable bonds is 6. The first-order chi connectivity index (χ1) is 4.77. The molecule has 0 aliphatic carbocycles. The summed E-state index contributed by atoms with van der Waals surface area (Å²) in [5.41, 5.74) is 0. The van der Waals surface area contributed by atoms with Gasteiger partial charge in [0.05, 0.1) is 0 Å². The largest absolute Gasteiger partial charge is 0.481 e. The van der Waals surface area contributed by atoms with Gasteiger partial charge in [0.2, 0.25) is 0 Å². The first kappa shape index (κ1) is 18.3. The Bertz CT molecular complexity index is 97.1. The maximum absolute atomic E-state index is 10.0. The first-order valence-corrected chi connectivity index (χ1v) is 3.99. The van der Waals surface area contributed by atoms with Crippen LogP contribution in [0.2, 0.25) is 0 Å². The van der Waals surface area contributed by atoms with Crippen LogP contribution in [0.15, 0.2) is 0 Å². The molecule has 0 spiro atoms. The molecule has 4 heteroatoms. The summed E-state index contributed by atoms with van der Waals surface area (Å²) in [4.78, 5) is 10.0. The molecule has 0 aliphatic rings. The molecule has 0 rings (SSSR count). The number of unbranched alkanes of at least 4 members (excludes halogenated alkanes) is 4. The van der Waals surface area contributed by atoms with Crippen LogP contribution >= 0.6 is 0 Å². The Morgan fingerprint density at radius 1 is 1.08 bits per heavy atom. The van der Waals surface area contributed by atoms with Gasteiger partial charge >= 0.3 is 5.97 Å². The summed E-state index contributed by atoms with van der Waals surface area (Å²) in [6, 6.07) is 0. The number of hydrogen-bond donors (Lipinski definition) is 1. The van der Waals surface area contributed by atoms with E-state index in [1.807, 2.05) is 0 Å². The van der Waals surface area contributed by atoms with Gasteiger partial charge in [-0.1, -0.05) is 32.6 Å². The number of carboxylic acids is 1. The van der Waals surface area contributed by atoms with Gasteiger partial charge in [-0.2, -0.15) is 0 Å². The second kappa shape index (κ2) is 14.0. The number of carbonyl (C=O) groups is 1. The van der Waals surface area contributed by atoms with E-state index in [2.05, 4.69) is 6.92 Å². The van der Waals surface area contributed by atoms with Crippen molar-refractivity contribution in [1.82, 2.24) is 0 Å². The standard InChI is InChI=1S/C8H16O2.2Co/c1-2-3-4-5-6-7-8(9)10;;/h2-7H2,1H3,(H,9,10);;. The fourth-order valence-electron chi connectivity index (χ4n) is 0.880. The summed E-state index contributed by atoms with van der Waals surface area (Å²) < 4.78 is 0. The average Bonchev–Trinajstić information content (AvgIpc) is 1.87. The molecule has 0 saturated heterocycles. The Kier molecular flexibility index (Phi) is 21.4. The summed E-state index contributed by atoms with van der Waals surface area (Å²) in [5.74, 6) is -0.670. The van der Waals surface area contributed by atoms with E-state index >= 15 is 0 Å². The molecule has 0 aromatic heterocycles. The molecular formula is C8H16Co2O2. The van der Waals surface area contributed by atoms with Crippen LogP contribution in [0.25, 0.3) is 0 Å². The van der Waals surface area contributed by atoms with Gasteiger partial charge in [-0.15, -0.1) is 0 Å². The van der Waals surface area contributed by atoms with Crippen LogP contribution < -0.4 is 0 Å². The fourth-order valence-corrected chi connectivity index (χ4v) is 0.880. The minimum Gasteiger partial charge on any atom is -0.481 e. The molecule has 2 nitrogen and oxygen atoms in total. The van der Waals surface area contributed by atoms with Crippen molar-refractivity contribution in [3.05, 3.63) is 0 Å². The molecule has 0 aromatic rings. The van der Waals surface area contributed by atoms with Gasteiger partial charge in [-0.3, -0.25) is 4.79 Å². The molecule has 12 heavy (non-hydrogen) atoms. The van der Waals surface area contributed by atoms with Gasteiger partial charge in [0, 0.05) is 40.0 Å². The minimum absolute atomic E-state index is 0. The van der Waals surface area contributed by atoms with Gasteiger partial charge in [0.1, 0.15) is 0 Å². The summed E-state index contributed by atoms with van der Waals surface area (Å²) in [5, 5.41) is 8.27. The molecule has 0 aromatic carbocycles.